The molecule has 0 saturated carbocycles. The smallest absolute Gasteiger partial charge is 0.336 e. The fourth-order valence-electron chi connectivity index (χ4n) is 2.27. The topological polar surface area (TPSA) is 37.3 Å². The molecule has 0 aliphatic carbocycles. The maximum absolute atomic E-state index is 13.8. The van der Waals surface area contributed by atoms with Crippen LogP contribution in [0.5, 0.6) is 0 Å². The third kappa shape index (κ3) is 4.52. The summed E-state index contributed by atoms with van der Waals surface area (Å²) in [4.78, 5) is 8.53. The van der Waals surface area contributed by atoms with Crippen molar-refractivity contribution in [3.05, 3.63) is 0 Å². The molecule has 2 nitrogen and oxygen atoms in total. The van der Waals surface area contributed by atoms with Crippen LogP contribution in [0.3, 0.4) is 0 Å². The Balaban J connectivity index is 7.44. The van der Waals surface area contributed by atoms with Gasteiger partial charge < -0.3 is 4.89 Å². The zero-order valence-corrected chi connectivity index (χ0v) is 19.3. The summed E-state index contributed by atoms with van der Waals surface area (Å²) >= 11 is 0. The quantitative estimate of drug-likeness (QED) is 0.184. The molecule has 0 fully saturated rings. The average Bonchev–Trinajstić information content (AvgIpc) is 2.70. The molecule has 0 saturated heterocycles. The molecule has 0 rings (SSSR count). The second-order valence-electron chi connectivity index (χ2n) is 8.11. The largest absolute Gasteiger partial charge is 0.428 e. The van der Waals surface area contributed by atoms with Gasteiger partial charge in [-0.05, 0) is 13.8 Å². The van der Waals surface area contributed by atoms with Gasteiger partial charge in [-0.1, -0.05) is 0 Å². The second kappa shape index (κ2) is 9.26. The summed E-state index contributed by atoms with van der Waals surface area (Å²) in [5.74, 6) is -52.8. The minimum Gasteiger partial charge on any atom is -0.336 e. The van der Waals surface area contributed by atoms with Crippen molar-refractivity contribution >= 4 is 7.37 Å². The molecule has 41 heavy (non-hydrogen) atoms. The number of hydrogen-bond donors (Lipinski definition) is 1. The Morgan fingerprint density at radius 2 is 0.537 bits per heavy atom. The molecule has 0 aliphatic rings. The van der Waals surface area contributed by atoms with E-state index in [4.69, 9.17) is 4.89 Å². The van der Waals surface area contributed by atoms with Gasteiger partial charge in [0.05, 0.1) is 0 Å². The first-order valence-electron chi connectivity index (χ1n) is 8.87. The van der Waals surface area contributed by atoms with Crippen molar-refractivity contribution in [1.82, 2.24) is 0 Å². The molecule has 0 spiro atoms. The van der Waals surface area contributed by atoms with Crippen LogP contribution in [0.25, 0.3) is 0 Å². The van der Waals surface area contributed by atoms with Crippen LogP contribution in [0.4, 0.5) is 105 Å². The summed E-state index contributed by atoms with van der Waals surface area (Å²) in [7, 11) is -10.5. The Labute approximate surface area is 208 Å². The second-order valence-corrected chi connectivity index (χ2v) is 10.4. The lowest BCUT2D eigenvalue weighted by Crippen LogP contribution is -2.72. The van der Waals surface area contributed by atoms with Crippen LogP contribution < -0.4 is 0 Å². The van der Waals surface area contributed by atoms with Crippen molar-refractivity contribution in [2.45, 2.75) is 84.4 Å². The predicted molar refractivity (Wildman–Crippen MR) is 80.5 cm³/mol. The van der Waals surface area contributed by atoms with Gasteiger partial charge >= 0.3 is 66.6 Å². The molecular formula is C14H7F24O2P. The molecule has 27 heteroatoms. The highest BCUT2D eigenvalue weighted by Crippen LogP contribution is 2.79. The zero-order chi connectivity index (χ0) is 34.5. The third-order valence-electron chi connectivity index (χ3n) is 5.34. The van der Waals surface area contributed by atoms with Crippen molar-refractivity contribution in [1.29, 1.82) is 0 Å². The Morgan fingerprint density at radius 1 is 0.366 bits per heavy atom. The summed E-state index contributed by atoms with van der Waals surface area (Å²) < 4.78 is 331. The van der Waals surface area contributed by atoms with Crippen molar-refractivity contribution in [3.8, 4) is 0 Å². The van der Waals surface area contributed by atoms with Gasteiger partial charge in [-0.15, -0.1) is 0 Å². The highest BCUT2D eigenvalue weighted by molar-refractivity contribution is 7.60. The molecule has 0 bridgehead atoms. The fraction of sp³-hybridized carbons (Fsp3) is 1.00. The van der Waals surface area contributed by atoms with Crippen molar-refractivity contribution in [3.63, 3.8) is 0 Å². The lowest BCUT2D eigenvalue weighted by atomic mass is 9.90. The Hall–Kier alpha value is -1.49. The first-order valence-corrected chi connectivity index (χ1v) is 10.5. The van der Waals surface area contributed by atoms with E-state index in [-0.39, 0.29) is 0 Å². The summed E-state index contributed by atoms with van der Waals surface area (Å²) in [5, 5.41) is 0. The fourth-order valence-corrected chi connectivity index (χ4v) is 3.67. The van der Waals surface area contributed by atoms with Crippen LogP contribution in [0.1, 0.15) is 13.8 Å². The zero-order valence-electron chi connectivity index (χ0n) is 18.4. The molecule has 248 valence electrons. The molecule has 2 atom stereocenters. The molecule has 1 N–H and O–H groups in total. The summed E-state index contributed by atoms with van der Waals surface area (Å²) in [6, 6.07) is 0. The highest BCUT2D eigenvalue weighted by atomic mass is 31.2. The molecule has 0 amide bonds. The Bertz CT molecular complexity index is 954. The Kier molecular flexibility index (Phi) is 8.92. The van der Waals surface area contributed by atoms with E-state index in [1.54, 1.807) is 0 Å². The molecule has 0 aromatic carbocycles. The normalized spacial score (nSPS) is 20.8. The summed E-state index contributed by atoms with van der Waals surface area (Å²) in [5.41, 5.74) is -32.4. The predicted octanol–water partition coefficient (Wildman–Crippen LogP) is 8.84. The third-order valence-corrected chi connectivity index (χ3v) is 7.42. The van der Waals surface area contributed by atoms with E-state index in [9.17, 15) is 110 Å². The number of hydrogen-bond acceptors (Lipinski definition) is 1. The number of alkyl halides is 24. The van der Waals surface area contributed by atoms with Gasteiger partial charge in [-0.2, -0.15) is 96.6 Å². The maximum Gasteiger partial charge on any atom is 0.428 e. The standard InChI is InChI=1S/C14H7F24O2P/c1-3(15,11(29,30)31)5(17,18)7(21,22)9(25,26)13(35,36)41(39,40)14(37,38)10(27,28)8(23,24)6(19,20)4(2,16)12(32,33)34/h1-2H3,(H,39,40). The Morgan fingerprint density at radius 3 is 0.683 bits per heavy atom. The van der Waals surface area contributed by atoms with E-state index in [1.807, 2.05) is 0 Å². The van der Waals surface area contributed by atoms with Gasteiger partial charge in [0.1, 0.15) is 0 Å². The van der Waals surface area contributed by atoms with Crippen LogP contribution in [0, 0.1) is 0 Å². The lowest BCUT2D eigenvalue weighted by Gasteiger charge is -2.45. The van der Waals surface area contributed by atoms with E-state index in [1.165, 1.54) is 0 Å². The van der Waals surface area contributed by atoms with E-state index in [0.717, 1.165) is 0 Å². The number of halogens is 24. The minimum absolute atomic E-state index is 1.80. The van der Waals surface area contributed by atoms with Crippen molar-refractivity contribution in [2.24, 2.45) is 0 Å². The molecule has 0 aliphatic heterocycles. The summed E-state index contributed by atoms with van der Waals surface area (Å²) in [6.45, 7) is -3.60. The SMILES string of the molecule is CC(F)(C(F)(F)F)C(F)(F)C(F)(F)C(F)(F)C(F)(F)P(=O)(O)C(F)(F)C(F)(F)C(F)(F)C(F)(F)C(C)(F)C(F)(F)F. The highest BCUT2D eigenvalue weighted by Gasteiger charge is 2.97. The van der Waals surface area contributed by atoms with Crippen LogP contribution in [0.15, 0.2) is 0 Å². The van der Waals surface area contributed by atoms with E-state index < -0.39 is 91.8 Å². The molecule has 2 unspecified atom stereocenters. The number of rotatable bonds is 10. The average molecular weight is 694 g/mol. The molecule has 0 radical (unpaired) electrons. The maximum atomic E-state index is 13.8. The first-order chi connectivity index (χ1) is 17.0. The van der Waals surface area contributed by atoms with Crippen LogP contribution in [0.2, 0.25) is 0 Å². The van der Waals surface area contributed by atoms with Gasteiger partial charge in [0, 0.05) is 0 Å². The van der Waals surface area contributed by atoms with E-state index in [2.05, 4.69) is 0 Å². The molecular weight excluding hydrogens is 687 g/mol. The van der Waals surface area contributed by atoms with Crippen LogP contribution in [-0.4, -0.2) is 75.4 Å². The van der Waals surface area contributed by atoms with Crippen LogP contribution >= 0.6 is 7.37 Å². The van der Waals surface area contributed by atoms with Gasteiger partial charge in [-0.25, -0.2) is 8.78 Å². The molecule has 0 aromatic rings. The minimum atomic E-state index is -10.5. The van der Waals surface area contributed by atoms with Gasteiger partial charge in [0.25, 0.3) is 11.3 Å². The summed E-state index contributed by atoms with van der Waals surface area (Å²) in [6.07, 6.45) is -15.0. The van der Waals surface area contributed by atoms with Crippen molar-refractivity contribution < 1.29 is 115 Å². The first kappa shape index (κ1) is 39.5. The van der Waals surface area contributed by atoms with Gasteiger partial charge in [-0.3, -0.25) is 4.57 Å². The van der Waals surface area contributed by atoms with Crippen LogP contribution in [-0.2, 0) is 4.57 Å². The molecule has 0 aromatic heterocycles. The van der Waals surface area contributed by atoms with Gasteiger partial charge in [0.2, 0.25) is 0 Å². The molecule has 0 heterocycles. The van der Waals surface area contributed by atoms with E-state index >= 15 is 0 Å². The monoisotopic (exact) mass is 694 g/mol. The van der Waals surface area contributed by atoms with E-state index in [0.29, 0.717) is 0 Å². The lowest BCUT2D eigenvalue weighted by molar-refractivity contribution is -0.409. The van der Waals surface area contributed by atoms with Crippen molar-refractivity contribution in [2.75, 3.05) is 0 Å². The van der Waals surface area contributed by atoms with Gasteiger partial charge in [0.15, 0.2) is 0 Å².